The number of hydrogen-bond acceptors (Lipinski definition) is 5. The Kier molecular flexibility index (Phi) is 5.46. The van der Waals surface area contributed by atoms with Gasteiger partial charge < -0.3 is 9.47 Å². The fourth-order valence-corrected chi connectivity index (χ4v) is 5.67. The summed E-state index contributed by atoms with van der Waals surface area (Å²) in [5.41, 5.74) is 2.60. The number of esters is 1. The average molecular weight is 416 g/mol. The van der Waals surface area contributed by atoms with Crippen LogP contribution in [-0.4, -0.2) is 44.0 Å². The van der Waals surface area contributed by atoms with Crippen LogP contribution in [-0.2, 0) is 25.9 Å². The Morgan fingerprint density at radius 2 is 1.69 bits per heavy atom. The normalized spacial score (nSPS) is 24.8. The van der Waals surface area contributed by atoms with Crippen molar-refractivity contribution >= 4 is 16.0 Å². The topological polar surface area (TPSA) is 72.9 Å². The quantitative estimate of drug-likeness (QED) is 0.716. The summed E-state index contributed by atoms with van der Waals surface area (Å²) in [4.78, 5) is 12.7. The maximum atomic E-state index is 12.9. The summed E-state index contributed by atoms with van der Waals surface area (Å²) in [7, 11) is -3.63. The molecule has 2 aliphatic rings. The van der Waals surface area contributed by atoms with Gasteiger partial charge in [-0.15, -0.1) is 0 Å². The van der Waals surface area contributed by atoms with Gasteiger partial charge in [0.05, 0.1) is 22.7 Å². The van der Waals surface area contributed by atoms with Crippen LogP contribution in [0.2, 0.25) is 0 Å². The Bertz CT molecular complexity index is 992. The van der Waals surface area contributed by atoms with Gasteiger partial charge >= 0.3 is 5.97 Å². The second kappa shape index (κ2) is 7.89. The van der Waals surface area contributed by atoms with Gasteiger partial charge in [0.15, 0.2) is 0 Å². The third-order valence-electron chi connectivity index (χ3n) is 5.44. The van der Waals surface area contributed by atoms with E-state index in [2.05, 4.69) is 6.07 Å². The minimum atomic E-state index is -3.63. The molecule has 2 aromatic rings. The van der Waals surface area contributed by atoms with Crippen LogP contribution in [0.4, 0.5) is 0 Å². The van der Waals surface area contributed by atoms with Gasteiger partial charge in [0, 0.05) is 13.1 Å². The first-order chi connectivity index (χ1) is 13.8. The second-order valence-corrected chi connectivity index (χ2v) is 9.67. The van der Waals surface area contributed by atoms with E-state index in [1.807, 2.05) is 32.0 Å². The SMILES string of the molecule is C[C@@H]1CN(S(=O)(=O)c2ccc(C(=O)O[C@@H]3CCc4ccccc43)cc2)C[C@H](C)O1. The molecule has 0 N–H and O–H groups in total. The van der Waals surface area contributed by atoms with Gasteiger partial charge in [-0.25, -0.2) is 13.2 Å². The van der Waals surface area contributed by atoms with Gasteiger partial charge in [0.1, 0.15) is 6.10 Å². The standard InChI is InChI=1S/C22H25NO5S/c1-15-13-23(14-16(2)27-15)29(25,26)19-10-7-18(8-11-19)22(24)28-21-12-9-17-5-3-4-6-20(17)21/h3-8,10-11,15-16,21H,9,12-14H2,1-2H3/t15-,16+,21-/m1/s1. The van der Waals surface area contributed by atoms with E-state index in [1.165, 1.54) is 34.1 Å². The fourth-order valence-electron chi connectivity index (χ4n) is 4.08. The molecule has 0 radical (unpaired) electrons. The van der Waals surface area contributed by atoms with Crippen LogP contribution in [0.15, 0.2) is 53.4 Å². The van der Waals surface area contributed by atoms with Gasteiger partial charge in [0.25, 0.3) is 0 Å². The zero-order chi connectivity index (χ0) is 20.6. The van der Waals surface area contributed by atoms with Crippen molar-refractivity contribution in [3.8, 4) is 0 Å². The molecule has 0 amide bonds. The number of morpholine rings is 1. The van der Waals surface area contributed by atoms with Crippen LogP contribution in [0.25, 0.3) is 0 Å². The highest BCUT2D eigenvalue weighted by atomic mass is 32.2. The Labute approximate surface area is 171 Å². The van der Waals surface area contributed by atoms with E-state index in [4.69, 9.17) is 9.47 Å². The van der Waals surface area contributed by atoms with Crippen molar-refractivity contribution in [2.24, 2.45) is 0 Å². The van der Waals surface area contributed by atoms with Gasteiger partial charge in [-0.1, -0.05) is 24.3 Å². The molecule has 0 unspecified atom stereocenters. The highest BCUT2D eigenvalue weighted by molar-refractivity contribution is 7.89. The van der Waals surface area contributed by atoms with Gasteiger partial charge in [-0.3, -0.25) is 0 Å². The molecular formula is C22H25NO5S. The lowest BCUT2D eigenvalue weighted by Crippen LogP contribution is -2.48. The number of nitrogens with zero attached hydrogens (tertiary/aromatic N) is 1. The van der Waals surface area contributed by atoms with Gasteiger partial charge in [-0.2, -0.15) is 4.31 Å². The monoisotopic (exact) mass is 415 g/mol. The summed E-state index contributed by atoms with van der Waals surface area (Å²) in [6.45, 7) is 4.35. The third kappa shape index (κ3) is 4.08. The molecule has 4 rings (SSSR count). The number of fused-ring (bicyclic) bond motifs is 1. The van der Waals surface area contributed by atoms with Crippen LogP contribution >= 0.6 is 0 Å². The summed E-state index contributed by atoms with van der Waals surface area (Å²) in [6.07, 6.45) is 1.10. The second-order valence-electron chi connectivity index (χ2n) is 7.74. The summed E-state index contributed by atoms with van der Waals surface area (Å²) in [5, 5.41) is 0. The van der Waals surface area contributed by atoms with Crippen molar-refractivity contribution in [2.45, 2.75) is 49.9 Å². The number of sulfonamides is 1. The summed E-state index contributed by atoms with van der Waals surface area (Å²) in [6, 6.07) is 13.9. The molecule has 1 heterocycles. The van der Waals surface area contributed by atoms with E-state index in [0.717, 1.165) is 18.4 Å². The van der Waals surface area contributed by atoms with Crippen molar-refractivity contribution in [1.29, 1.82) is 0 Å². The van der Waals surface area contributed by atoms with E-state index in [-0.39, 0.29) is 23.2 Å². The average Bonchev–Trinajstić information content (AvgIpc) is 3.10. The van der Waals surface area contributed by atoms with Crippen molar-refractivity contribution in [1.82, 2.24) is 4.31 Å². The molecule has 7 heteroatoms. The molecule has 0 aromatic heterocycles. The molecule has 1 fully saturated rings. The molecule has 2 aromatic carbocycles. The van der Waals surface area contributed by atoms with E-state index in [0.29, 0.717) is 18.7 Å². The zero-order valence-electron chi connectivity index (χ0n) is 16.6. The van der Waals surface area contributed by atoms with Crippen molar-refractivity contribution in [3.63, 3.8) is 0 Å². The number of hydrogen-bond donors (Lipinski definition) is 0. The molecule has 29 heavy (non-hydrogen) atoms. The highest BCUT2D eigenvalue weighted by Gasteiger charge is 2.32. The molecule has 0 bridgehead atoms. The van der Waals surface area contributed by atoms with Crippen molar-refractivity contribution < 1.29 is 22.7 Å². The third-order valence-corrected chi connectivity index (χ3v) is 7.29. The highest BCUT2D eigenvalue weighted by Crippen LogP contribution is 2.34. The number of carbonyl (C=O) groups is 1. The van der Waals surface area contributed by atoms with Crippen LogP contribution < -0.4 is 0 Å². The van der Waals surface area contributed by atoms with E-state index >= 15 is 0 Å². The molecule has 0 saturated carbocycles. The van der Waals surface area contributed by atoms with Gasteiger partial charge in [0.2, 0.25) is 10.0 Å². The smallest absolute Gasteiger partial charge is 0.338 e. The Morgan fingerprint density at radius 3 is 2.38 bits per heavy atom. The molecule has 154 valence electrons. The van der Waals surface area contributed by atoms with Crippen LogP contribution in [0.3, 0.4) is 0 Å². The minimum absolute atomic E-state index is 0.155. The number of aryl methyl sites for hydroxylation is 1. The molecule has 0 spiro atoms. The lowest BCUT2D eigenvalue weighted by Gasteiger charge is -2.34. The first-order valence-corrected chi connectivity index (χ1v) is 11.3. The Balaban J connectivity index is 1.47. The fraction of sp³-hybridized carbons (Fsp3) is 0.409. The zero-order valence-corrected chi connectivity index (χ0v) is 17.4. The predicted molar refractivity (Wildman–Crippen MR) is 108 cm³/mol. The van der Waals surface area contributed by atoms with Gasteiger partial charge in [-0.05, 0) is 62.1 Å². The summed E-state index contributed by atoms with van der Waals surface area (Å²) in [5.74, 6) is -0.440. The van der Waals surface area contributed by atoms with E-state index in [1.54, 1.807) is 0 Å². The number of carbonyl (C=O) groups excluding carboxylic acids is 1. The maximum Gasteiger partial charge on any atom is 0.338 e. The maximum absolute atomic E-state index is 12.9. The molecular weight excluding hydrogens is 390 g/mol. The minimum Gasteiger partial charge on any atom is -0.454 e. The summed E-state index contributed by atoms with van der Waals surface area (Å²) < 4.78 is 38.6. The Morgan fingerprint density at radius 1 is 1.03 bits per heavy atom. The Hall–Kier alpha value is -2.22. The van der Waals surface area contributed by atoms with Crippen LogP contribution in [0.1, 0.15) is 47.9 Å². The molecule has 1 aliphatic carbocycles. The largest absolute Gasteiger partial charge is 0.454 e. The lowest BCUT2D eigenvalue weighted by atomic mass is 10.1. The van der Waals surface area contributed by atoms with Crippen LogP contribution in [0, 0.1) is 0 Å². The van der Waals surface area contributed by atoms with Crippen molar-refractivity contribution in [3.05, 3.63) is 65.2 Å². The first kappa shape index (κ1) is 20.1. The van der Waals surface area contributed by atoms with E-state index < -0.39 is 16.0 Å². The molecule has 1 saturated heterocycles. The lowest BCUT2D eigenvalue weighted by molar-refractivity contribution is -0.0440. The molecule has 6 nitrogen and oxygen atoms in total. The van der Waals surface area contributed by atoms with E-state index in [9.17, 15) is 13.2 Å². The number of benzene rings is 2. The van der Waals surface area contributed by atoms with Crippen molar-refractivity contribution in [2.75, 3.05) is 13.1 Å². The molecule has 1 aliphatic heterocycles. The number of rotatable bonds is 4. The molecule has 3 atom stereocenters. The van der Waals surface area contributed by atoms with Crippen LogP contribution in [0.5, 0.6) is 0 Å². The summed E-state index contributed by atoms with van der Waals surface area (Å²) >= 11 is 0. The predicted octanol–water partition coefficient (Wildman–Crippen LogP) is 3.33. The number of ether oxygens (including phenoxy) is 2. The first-order valence-electron chi connectivity index (χ1n) is 9.89.